The van der Waals surface area contributed by atoms with Crippen LogP contribution in [0.25, 0.3) is 28.2 Å². The highest BCUT2D eigenvalue weighted by Gasteiger charge is 2.35. The van der Waals surface area contributed by atoms with Crippen molar-refractivity contribution in [2.24, 2.45) is 5.92 Å². The van der Waals surface area contributed by atoms with E-state index in [9.17, 15) is 15.0 Å². The lowest BCUT2D eigenvalue weighted by Gasteiger charge is -2.33. The average molecular weight is 513 g/mol. The van der Waals surface area contributed by atoms with Gasteiger partial charge < -0.3 is 25.2 Å². The summed E-state index contributed by atoms with van der Waals surface area (Å²) < 4.78 is 7.54. The highest BCUT2D eigenvalue weighted by atomic mass is 16.5. The molecule has 4 aromatic rings. The average Bonchev–Trinajstić information content (AvgIpc) is 3.56. The van der Waals surface area contributed by atoms with Crippen molar-refractivity contribution >= 4 is 22.9 Å². The van der Waals surface area contributed by atoms with Crippen LogP contribution >= 0.6 is 0 Å². The standard InChI is InChI=1S/C28H28N6O4/c35-22-13-20-21(14-23(22)36)34(26(31-20)18-5-6-24-17(12-18)8-11-38-24)25-7-9-29-28(32-25)30-19-2-1-10-33(15-19)27(37)16-3-4-16/h5-7,9,12-14,16,19,35-36H,1-4,8,10-11,15H2,(H,29,30,32)/t19-/m1/s1. The van der Waals surface area contributed by atoms with E-state index >= 15 is 0 Å². The number of nitrogens with zero attached hydrogens (tertiary/aromatic N) is 5. The second-order valence-electron chi connectivity index (χ2n) is 10.3. The molecule has 1 saturated heterocycles. The molecule has 1 atom stereocenters. The molecule has 1 aliphatic carbocycles. The van der Waals surface area contributed by atoms with E-state index in [1.807, 2.05) is 21.6 Å². The number of nitrogens with one attached hydrogen (secondary N) is 1. The van der Waals surface area contributed by atoms with Gasteiger partial charge in [0.2, 0.25) is 11.9 Å². The fraction of sp³-hybridized carbons (Fsp3) is 0.357. The molecule has 0 bridgehead atoms. The number of aromatic hydroxyl groups is 2. The van der Waals surface area contributed by atoms with E-state index in [1.54, 1.807) is 12.3 Å². The molecule has 2 aromatic carbocycles. The Labute approximate surface area is 218 Å². The molecule has 10 heteroatoms. The number of carbonyl (C=O) groups excluding carboxylic acids is 1. The molecular formula is C28H28N6O4. The third-order valence-corrected chi connectivity index (χ3v) is 7.56. The Kier molecular flexibility index (Phi) is 5.34. The molecule has 1 amide bonds. The third-order valence-electron chi connectivity index (χ3n) is 7.56. The number of anilines is 1. The van der Waals surface area contributed by atoms with Gasteiger partial charge in [0.25, 0.3) is 0 Å². The van der Waals surface area contributed by atoms with Crippen LogP contribution in [0.15, 0.2) is 42.6 Å². The zero-order valence-electron chi connectivity index (χ0n) is 20.8. The topological polar surface area (TPSA) is 126 Å². The van der Waals surface area contributed by atoms with Gasteiger partial charge in [0.05, 0.1) is 17.6 Å². The summed E-state index contributed by atoms with van der Waals surface area (Å²) in [4.78, 5) is 28.6. The minimum Gasteiger partial charge on any atom is -0.504 e. The molecule has 1 saturated carbocycles. The van der Waals surface area contributed by atoms with Crippen LogP contribution in [0.5, 0.6) is 17.2 Å². The van der Waals surface area contributed by atoms with Crippen molar-refractivity contribution < 1.29 is 19.7 Å². The number of fused-ring (bicyclic) bond motifs is 2. The maximum Gasteiger partial charge on any atom is 0.225 e. The van der Waals surface area contributed by atoms with Crippen molar-refractivity contribution in [3.63, 3.8) is 0 Å². The number of ether oxygens (including phenoxy) is 1. The number of rotatable bonds is 5. The number of hydrogen-bond acceptors (Lipinski definition) is 8. The van der Waals surface area contributed by atoms with E-state index in [0.717, 1.165) is 55.5 Å². The van der Waals surface area contributed by atoms with Crippen LogP contribution in [-0.2, 0) is 11.2 Å². The summed E-state index contributed by atoms with van der Waals surface area (Å²) >= 11 is 0. The van der Waals surface area contributed by atoms with E-state index in [4.69, 9.17) is 14.7 Å². The lowest BCUT2D eigenvalue weighted by Crippen LogP contribution is -2.45. The predicted molar refractivity (Wildman–Crippen MR) is 141 cm³/mol. The molecule has 38 heavy (non-hydrogen) atoms. The van der Waals surface area contributed by atoms with E-state index in [-0.39, 0.29) is 29.4 Å². The van der Waals surface area contributed by atoms with Gasteiger partial charge in [0, 0.05) is 55.4 Å². The number of phenols is 2. The molecule has 2 aliphatic heterocycles. The van der Waals surface area contributed by atoms with E-state index < -0.39 is 0 Å². The molecular weight excluding hydrogens is 484 g/mol. The number of imidazole rings is 1. The summed E-state index contributed by atoms with van der Waals surface area (Å²) in [6.45, 7) is 2.11. The molecule has 4 heterocycles. The van der Waals surface area contributed by atoms with E-state index in [2.05, 4.69) is 16.4 Å². The van der Waals surface area contributed by atoms with Crippen LogP contribution in [0.3, 0.4) is 0 Å². The number of piperidine rings is 1. The molecule has 3 N–H and O–H groups in total. The van der Waals surface area contributed by atoms with Crippen LogP contribution in [0.4, 0.5) is 5.95 Å². The molecule has 0 radical (unpaired) electrons. The molecule has 194 valence electrons. The SMILES string of the molecule is O=C(C1CC1)N1CCC[C@@H](Nc2nccc(-n3c(-c4ccc5c(c4)CCO5)nc4cc(O)c(O)cc43)n2)C1. The van der Waals surface area contributed by atoms with Gasteiger partial charge in [-0.3, -0.25) is 9.36 Å². The Morgan fingerprint density at radius 3 is 2.79 bits per heavy atom. The lowest BCUT2D eigenvalue weighted by molar-refractivity contribution is -0.133. The fourth-order valence-electron chi connectivity index (χ4n) is 5.46. The summed E-state index contributed by atoms with van der Waals surface area (Å²) in [6.07, 6.45) is 6.40. The zero-order chi connectivity index (χ0) is 25.8. The number of hydrogen-bond donors (Lipinski definition) is 3. The van der Waals surface area contributed by atoms with Crippen LogP contribution in [0.1, 0.15) is 31.2 Å². The smallest absolute Gasteiger partial charge is 0.225 e. The number of amides is 1. The maximum atomic E-state index is 12.6. The minimum atomic E-state index is -0.234. The quantitative estimate of drug-likeness (QED) is 0.346. The molecule has 0 spiro atoms. The van der Waals surface area contributed by atoms with E-state index in [0.29, 0.717) is 41.8 Å². The van der Waals surface area contributed by atoms with Gasteiger partial charge in [-0.15, -0.1) is 0 Å². The van der Waals surface area contributed by atoms with Crippen LogP contribution < -0.4 is 10.1 Å². The van der Waals surface area contributed by atoms with Gasteiger partial charge in [-0.25, -0.2) is 9.97 Å². The Hall–Kier alpha value is -4.34. The molecule has 2 aromatic heterocycles. The summed E-state index contributed by atoms with van der Waals surface area (Å²) in [5.41, 5.74) is 3.12. The number of aromatic nitrogens is 4. The summed E-state index contributed by atoms with van der Waals surface area (Å²) in [5, 5.41) is 23.9. The first-order chi connectivity index (χ1) is 18.5. The molecule has 7 rings (SSSR count). The maximum absolute atomic E-state index is 12.6. The van der Waals surface area contributed by atoms with Crippen LogP contribution in [-0.4, -0.2) is 66.3 Å². The first-order valence-electron chi connectivity index (χ1n) is 13.1. The third kappa shape index (κ3) is 4.06. The van der Waals surface area contributed by atoms with Crippen molar-refractivity contribution in [3.8, 4) is 34.5 Å². The Balaban J connectivity index is 1.26. The van der Waals surface area contributed by atoms with Gasteiger partial charge in [-0.05, 0) is 55.5 Å². The number of carbonyl (C=O) groups is 1. The summed E-state index contributed by atoms with van der Waals surface area (Å²) in [6, 6.07) is 10.8. The molecule has 2 fully saturated rings. The van der Waals surface area contributed by atoms with E-state index in [1.165, 1.54) is 12.1 Å². The second kappa shape index (κ2) is 8.90. The van der Waals surface area contributed by atoms with Crippen molar-refractivity contribution in [2.45, 2.75) is 38.1 Å². The first-order valence-corrected chi connectivity index (χ1v) is 13.1. The Bertz CT molecular complexity index is 1560. The summed E-state index contributed by atoms with van der Waals surface area (Å²) in [5.74, 6) is 2.55. The fourth-order valence-corrected chi connectivity index (χ4v) is 5.46. The molecule has 0 unspecified atom stereocenters. The highest BCUT2D eigenvalue weighted by molar-refractivity contribution is 5.86. The van der Waals surface area contributed by atoms with Crippen molar-refractivity contribution in [1.29, 1.82) is 0 Å². The number of benzene rings is 2. The first kappa shape index (κ1) is 22.8. The van der Waals surface area contributed by atoms with Crippen molar-refractivity contribution in [2.75, 3.05) is 25.0 Å². The lowest BCUT2D eigenvalue weighted by atomic mass is 10.1. The van der Waals surface area contributed by atoms with Crippen LogP contribution in [0, 0.1) is 5.92 Å². The minimum absolute atomic E-state index is 0.0680. The second-order valence-corrected chi connectivity index (χ2v) is 10.3. The summed E-state index contributed by atoms with van der Waals surface area (Å²) in [7, 11) is 0. The van der Waals surface area contributed by atoms with Gasteiger partial charge in [-0.2, -0.15) is 4.98 Å². The normalized spacial score (nSPS) is 18.8. The Morgan fingerprint density at radius 1 is 1.05 bits per heavy atom. The van der Waals surface area contributed by atoms with Crippen molar-refractivity contribution in [1.82, 2.24) is 24.4 Å². The largest absolute Gasteiger partial charge is 0.504 e. The highest BCUT2D eigenvalue weighted by Crippen LogP contribution is 2.37. The number of phenolic OH excluding ortho intramolecular Hbond substituents is 2. The van der Waals surface area contributed by atoms with Crippen molar-refractivity contribution in [3.05, 3.63) is 48.2 Å². The van der Waals surface area contributed by atoms with Gasteiger partial charge in [0.15, 0.2) is 11.5 Å². The molecule has 3 aliphatic rings. The monoisotopic (exact) mass is 512 g/mol. The van der Waals surface area contributed by atoms with Gasteiger partial charge in [-0.1, -0.05) is 0 Å². The van der Waals surface area contributed by atoms with Crippen LogP contribution in [0.2, 0.25) is 0 Å². The zero-order valence-corrected chi connectivity index (χ0v) is 20.8. The predicted octanol–water partition coefficient (Wildman–Crippen LogP) is 3.64. The number of likely N-dealkylation sites (tertiary alicyclic amines) is 1. The Morgan fingerprint density at radius 2 is 1.92 bits per heavy atom. The van der Waals surface area contributed by atoms with Gasteiger partial charge in [0.1, 0.15) is 17.4 Å². The van der Waals surface area contributed by atoms with Gasteiger partial charge >= 0.3 is 0 Å². The molecule has 10 nitrogen and oxygen atoms in total.